The molecule has 2 aliphatic rings. The van der Waals surface area contributed by atoms with Crippen LogP contribution in [0.25, 0.3) is 0 Å². The van der Waals surface area contributed by atoms with E-state index >= 15 is 0 Å². The van der Waals surface area contributed by atoms with Gasteiger partial charge in [0.25, 0.3) is 0 Å². The number of nitrogens with one attached hydrogen (secondary N) is 1. The van der Waals surface area contributed by atoms with E-state index in [1.54, 1.807) is 16.8 Å². The van der Waals surface area contributed by atoms with Gasteiger partial charge in [0, 0.05) is 50.3 Å². The molecule has 0 spiro atoms. The molecule has 1 fully saturated rings. The molecule has 0 radical (unpaired) electrons. The van der Waals surface area contributed by atoms with Gasteiger partial charge in [-0.1, -0.05) is 17.7 Å². The zero-order valence-electron chi connectivity index (χ0n) is 16.4. The zero-order valence-corrected chi connectivity index (χ0v) is 17.2. The molecule has 9 heteroatoms. The van der Waals surface area contributed by atoms with Crippen molar-refractivity contribution in [3.8, 4) is 0 Å². The Bertz CT molecular complexity index is 985. The fraction of sp³-hybridized carbons (Fsp3) is 0.333. The van der Waals surface area contributed by atoms with Crippen LogP contribution in [0.4, 0.5) is 25.8 Å². The van der Waals surface area contributed by atoms with Crippen molar-refractivity contribution >= 4 is 40.5 Å². The number of hydrogen-bond acceptors (Lipinski definition) is 4. The average Bonchev–Trinajstić information content (AvgIpc) is 3.03. The lowest BCUT2D eigenvalue weighted by Gasteiger charge is -2.36. The van der Waals surface area contributed by atoms with E-state index in [4.69, 9.17) is 11.6 Å². The zero-order chi connectivity index (χ0) is 21.4. The maximum Gasteiger partial charge on any atom is 0.241 e. The summed E-state index contributed by atoms with van der Waals surface area (Å²) >= 11 is 5.54. The first-order valence-corrected chi connectivity index (χ1v) is 10.0. The second-order valence-corrected chi connectivity index (χ2v) is 7.80. The normalized spacial score (nSPS) is 16.1. The number of fused-ring (bicyclic) bond motifs is 1. The molecule has 0 unspecified atom stereocenters. The van der Waals surface area contributed by atoms with Gasteiger partial charge in [-0.15, -0.1) is 0 Å². The van der Waals surface area contributed by atoms with Gasteiger partial charge in [0.1, 0.15) is 16.7 Å². The Kier molecular flexibility index (Phi) is 5.51. The first-order chi connectivity index (χ1) is 14.3. The van der Waals surface area contributed by atoms with E-state index in [-0.39, 0.29) is 18.4 Å². The Morgan fingerprint density at radius 1 is 1.10 bits per heavy atom. The maximum absolute atomic E-state index is 13.7. The summed E-state index contributed by atoms with van der Waals surface area (Å²) in [5.74, 6) is -1.60. The first-order valence-electron chi connectivity index (χ1n) is 9.64. The SMILES string of the molecule is CN1C(=O)Cc2ccc(NCC(=O)N3CCN(c4cc(F)c(Cl)c(F)c4)CC3)cc21. The number of likely N-dealkylation sites (N-methyl/N-ethyl adjacent to an activating group) is 1. The van der Waals surface area contributed by atoms with Gasteiger partial charge in [-0.2, -0.15) is 0 Å². The molecule has 2 aliphatic heterocycles. The minimum atomic E-state index is -0.795. The fourth-order valence-electron chi connectivity index (χ4n) is 3.78. The van der Waals surface area contributed by atoms with E-state index in [1.807, 2.05) is 23.1 Å². The molecule has 1 saturated heterocycles. The number of nitrogens with zero attached hydrogens (tertiary/aromatic N) is 3. The van der Waals surface area contributed by atoms with Gasteiger partial charge in [-0.25, -0.2) is 8.78 Å². The van der Waals surface area contributed by atoms with E-state index in [0.717, 1.165) is 16.9 Å². The highest BCUT2D eigenvalue weighted by molar-refractivity contribution is 6.31. The van der Waals surface area contributed by atoms with Gasteiger partial charge in [0.2, 0.25) is 11.8 Å². The predicted molar refractivity (Wildman–Crippen MR) is 112 cm³/mol. The van der Waals surface area contributed by atoms with E-state index < -0.39 is 16.7 Å². The lowest BCUT2D eigenvalue weighted by molar-refractivity contribution is -0.129. The average molecular weight is 435 g/mol. The molecule has 0 aliphatic carbocycles. The molecule has 2 aromatic carbocycles. The van der Waals surface area contributed by atoms with Crippen molar-refractivity contribution in [3.63, 3.8) is 0 Å². The number of rotatable bonds is 4. The summed E-state index contributed by atoms with van der Waals surface area (Å²) in [5, 5.41) is 2.60. The number of amides is 2. The highest BCUT2D eigenvalue weighted by Gasteiger charge is 2.25. The van der Waals surface area contributed by atoms with E-state index in [0.29, 0.717) is 38.3 Å². The number of carbonyl (C=O) groups is 2. The fourth-order valence-corrected chi connectivity index (χ4v) is 3.89. The van der Waals surface area contributed by atoms with Crippen LogP contribution in [0.5, 0.6) is 0 Å². The summed E-state index contributed by atoms with van der Waals surface area (Å²) in [4.78, 5) is 29.5. The van der Waals surface area contributed by atoms with Crippen molar-refractivity contribution in [3.05, 3.63) is 52.6 Å². The number of halogens is 3. The van der Waals surface area contributed by atoms with Crippen LogP contribution in [0, 0.1) is 11.6 Å². The summed E-state index contributed by atoms with van der Waals surface area (Å²) < 4.78 is 27.4. The Morgan fingerprint density at radius 2 is 1.77 bits per heavy atom. The van der Waals surface area contributed by atoms with Crippen LogP contribution < -0.4 is 15.1 Å². The minimum absolute atomic E-state index is 0.0524. The van der Waals surface area contributed by atoms with E-state index in [9.17, 15) is 18.4 Å². The largest absolute Gasteiger partial charge is 0.376 e. The van der Waals surface area contributed by atoms with Gasteiger partial charge >= 0.3 is 0 Å². The monoisotopic (exact) mass is 434 g/mol. The van der Waals surface area contributed by atoms with Gasteiger partial charge in [0.15, 0.2) is 0 Å². The molecule has 0 aromatic heterocycles. The first kappa shape index (κ1) is 20.4. The summed E-state index contributed by atoms with van der Waals surface area (Å²) in [6, 6.07) is 8.04. The van der Waals surface area contributed by atoms with Crippen LogP contribution >= 0.6 is 11.6 Å². The van der Waals surface area contributed by atoms with Crippen molar-refractivity contribution in [2.75, 3.05) is 54.9 Å². The van der Waals surface area contributed by atoms with Crippen molar-refractivity contribution in [2.45, 2.75) is 6.42 Å². The number of carbonyl (C=O) groups excluding carboxylic acids is 2. The minimum Gasteiger partial charge on any atom is -0.376 e. The highest BCUT2D eigenvalue weighted by Crippen LogP contribution is 2.30. The third-order valence-corrected chi connectivity index (χ3v) is 5.93. The molecule has 0 saturated carbocycles. The number of benzene rings is 2. The molecule has 158 valence electrons. The maximum atomic E-state index is 13.7. The van der Waals surface area contributed by atoms with Crippen molar-refractivity contribution in [1.82, 2.24) is 4.90 Å². The second-order valence-electron chi connectivity index (χ2n) is 7.42. The van der Waals surface area contributed by atoms with Gasteiger partial charge in [-0.05, 0) is 29.8 Å². The Balaban J connectivity index is 1.32. The molecular weight excluding hydrogens is 414 g/mol. The molecular formula is C21H21ClF2N4O2. The Morgan fingerprint density at radius 3 is 2.43 bits per heavy atom. The molecule has 6 nitrogen and oxygen atoms in total. The predicted octanol–water partition coefficient (Wildman–Crippen LogP) is 2.90. The molecule has 30 heavy (non-hydrogen) atoms. The smallest absolute Gasteiger partial charge is 0.241 e. The topological polar surface area (TPSA) is 55.9 Å². The van der Waals surface area contributed by atoms with Gasteiger partial charge in [0.05, 0.1) is 13.0 Å². The molecule has 2 amide bonds. The standard InChI is InChI=1S/C21H21ClF2N4O2/c1-26-18-9-14(3-2-13(18)8-19(26)29)25-12-20(30)28-6-4-27(5-7-28)15-10-16(23)21(22)17(24)11-15/h2-3,9-11,25H,4-8,12H2,1H3. The third kappa shape index (κ3) is 3.92. The summed E-state index contributed by atoms with van der Waals surface area (Å²) in [6.45, 7) is 1.97. The summed E-state index contributed by atoms with van der Waals surface area (Å²) in [5.41, 5.74) is 3.02. The van der Waals surface area contributed by atoms with Gasteiger partial charge < -0.3 is 20.0 Å². The molecule has 1 N–H and O–H groups in total. The summed E-state index contributed by atoms with van der Waals surface area (Å²) in [7, 11) is 1.74. The van der Waals surface area contributed by atoms with Crippen LogP contribution in [0.2, 0.25) is 5.02 Å². The van der Waals surface area contributed by atoms with E-state index in [1.165, 1.54) is 12.1 Å². The Labute approximate surface area is 178 Å². The van der Waals surface area contributed by atoms with Gasteiger partial charge in [-0.3, -0.25) is 9.59 Å². The van der Waals surface area contributed by atoms with Crippen molar-refractivity contribution in [2.24, 2.45) is 0 Å². The van der Waals surface area contributed by atoms with Crippen molar-refractivity contribution < 1.29 is 18.4 Å². The molecule has 0 atom stereocenters. The molecule has 4 rings (SSSR count). The molecule has 2 aromatic rings. The lowest BCUT2D eigenvalue weighted by Crippen LogP contribution is -2.50. The van der Waals surface area contributed by atoms with Crippen LogP contribution in [0.15, 0.2) is 30.3 Å². The van der Waals surface area contributed by atoms with E-state index in [2.05, 4.69) is 5.32 Å². The van der Waals surface area contributed by atoms with Crippen LogP contribution in [-0.2, 0) is 16.0 Å². The second kappa shape index (κ2) is 8.10. The molecule has 2 heterocycles. The lowest BCUT2D eigenvalue weighted by atomic mass is 10.1. The molecule has 0 bridgehead atoms. The summed E-state index contributed by atoms with van der Waals surface area (Å²) in [6.07, 6.45) is 0.400. The van der Waals surface area contributed by atoms with Crippen molar-refractivity contribution in [1.29, 1.82) is 0 Å². The van der Waals surface area contributed by atoms with Crippen LogP contribution in [0.1, 0.15) is 5.56 Å². The quantitative estimate of drug-likeness (QED) is 0.752. The van der Waals surface area contributed by atoms with Crippen LogP contribution in [-0.4, -0.2) is 56.5 Å². The number of anilines is 3. The third-order valence-electron chi connectivity index (χ3n) is 5.57. The Hall–Kier alpha value is -2.87. The highest BCUT2D eigenvalue weighted by atomic mass is 35.5. The van der Waals surface area contributed by atoms with Crippen LogP contribution in [0.3, 0.4) is 0 Å². The number of piperazine rings is 1. The number of hydrogen-bond donors (Lipinski definition) is 1.